The molecule has 1 aromatic carbocycles. The summed E-state index contributed by atoms with van der Waals surface area (Å²) in [5.74, 6) is 0. The van der Waals surface area contributed by atoms with Gasteiger partial charge in [-0.25, -0.2) is 5.10 Å². The number of hydrogen-bond donors (Lipinski definition) is 3. The number of aromatic amines is 1. The maximum absolute atomic E-state index is 11.1. The highest BCUT2D eigenvalue weighted by Crippen LogP contribution is 2.24. The summed E-state index contributed by atoms with van der Waals surface area (Å²) in [6, 6.07) is 9.29. The number of halogens is 1. The Morgan fingerprint density at radius 2 is 1.69 bits per heavy atom. The summed E-state index contributed by atoms with van der Waals surface area (Å²) in [5, 5.41) is 6.16. The van der Waals surface area contributed by atoms with Gasteiger partial charge in [0, 0.05) is 5.56 Å². The van der Waals surface area contributed by atoms with E-state index >= 15 is 0 Å². The fraction of sp³-hybridized carbons (Fsp3) is 0. The summed E-state index contributed by atoms with van der Waals surface area (Å²) in [4.78, 5) is 11.1. The summed E-state index contributed by atoms with van der Waals surface area (Å²) in [6.07, 6.45) is 0. The molecule has 0 saturated heterocycles. The minimum Gasteiger partial charge on any atom is -0.395 e. The van der Waals surface area contributed by atoms with Crippen molar-refractivity contribution in [1.29, 1.82) is 0 Å². The standard InChI is InChI=1S/C10H10N4O.ClH/c11-7-8(12)10(15)14-13-9(7)6-4-2-1-3-5-6;/h1-5H,(H2,12,13)(H3,11,14,15);1H. The van der Waals surface area contributed by atoms with Crippen LogP contribution in [0.5, 0.6) is 0 Å². The van der Waals surface area contributed by atoms with Crippen LogP contribution in [-0.4, -0.2) is 10.2 Å². The zero-order valence-electron chi connectivity index (χ0n) is 8.31. The number of hydrogen-bond acceptors (Lipinski definition) is 4. The maximum Gasteiger partial charge on any atom is 0.289 e. The monoisotopic (exact) mass is 238 g/mol. The average Bonchev–Trinajstić information content (AvgIpc) is 2.27. The van der Waals surface area contributed by atoms with Crippen LogP contribution < -0.4 is 17.0 Å². The Morgan fingerprint density at radius 3 is 2.31 bits per heavy atom. The van der Waals surface area contributed by atoms with Gasteiger partial charge in [-0.15, -0.1) is 12.4 Å². The van der Waals surface area contributed by atoms with Crippen LogP contribution in [0.25, 0.3) is 11.3 Å². The lowest BCUT2D eigenvalue weighted by Gasteiger charge is -2.05. The van der Waals surface area contributed by atoms with Crippen LogP contribution >= 0.6 is 12.4 Å². The fourth-order valence-corrected chi connectivity index (χ4v) is 1.29. The largest absolute Gasteiger partial charge is 0.395 e. The fourth-order valence-electron chi connectivity index (χ4n) is 1.29. The topological polar surface area (TPSA) is 97.8 Å². The van der Waals surface area contributed by atoms with Crippen molar-refractivity contribution in [3.8, 4) is 11.3 Å². The number of rotatable bonds is 1. The molecule has 0 spiro atoms. The van der Waals surface area contributed by atoms with E-state index in [1.165, 1.54) is 0 Å². The van der Waals surface area contributed by atoms with Crippen molar-refractivity contribution < 1.29 is 0 Å². The third-order valence-corrected chi connectivity index (χ3v) is 2.11. The molecule has 0 fully saturated rings. The van der Waals surface area contributed by atoms with Gasteiger partial charge >= 0.3 is 0 Å². The van der Waals surface area contributed by atoms with Gasteiger partial charge in [0.05, 0.1) is 5.69 Å². The zero-order chi connectivity index (χ0) is 10.8. The van der Waals surface area contributed by atoms with Crippen molar-refractivity contribution in [3.05, 3.63) is 40.7 Å². The Labute approximate surface area is 97.9 Å². The lowest BCUT2D eigenvalue weighted by Crippen LogP contribution is -2.16. The van der Waals surface area contributed by atoms with Crippen molar-refractivity contribution in [3.63, 3.8) is 0 Å². The third kappa shape index (κ3) is 1.99. The quantitative estimate of drug-likeness (QED) is 0.691. The number of nitrogens with one attached hydrogen (secondary N) is 1. The molecule has 0 aliphatic rings. The summed E-state index contributed by atoms with van der Waals surface area (Å²) in [7, 11) is 0. The van der Waals surface area contributed by atoms with Gasteiger partial charge < -0.3 is 11.5 Å². The highest BCUT2D eigenvalue weighted by Gasteiger charge is 2.09. The maximum atomic E-state index is 11.1. The number of aromatic nitrogens is 2. The number of anilines is 2. The molecule has 0 atom stereocenters. The molecule has 0 aliphatic carbocycles. The van der Waals surface area contributed by atoms with Crippen LogP contribution in [0.2, 0.25) is 0 Å². The molecule has 5 nitrogen and oxygen atoms in total. The van der Waals surface area contributed by atoms with E-state index in [1.54, 1.807) is 0 Å². The van der Waals surface area contributed by atoms with Gasteiger partial charge in [-0.1, -0.05) is 30.3 Å². The predicted molar refractivity (Wildman–Crippen MR) is 66.4 cm³/mol. The van der Waals surface area contributed by atoms with Gasteiger partial charge in [0.15, 0.2) is 0 Å². The predicted octanol–water partition coefficient (Wildman–Crippen LogP) is 1.02. The highest BCUT2D eigenvalue weighted by molar-refractivity contribution is 5.85. The molecule has 1 aromatic heterocycles. The molecule has 2 aromatic rings. The van der Waals surface area contributed by atoms with Gasteiger partial charge in [-0.2, -0.15) is 5.10 Å². The minimum atomic E-state index is -0.466. The second-order valence-corrected chi connectivity index (χ2v) is 3.09. The van der Waals surface area contributed by atoms with Crippen LogP contribution in [0.3, 0.4) is 0 Å². The summed E-state index contributed by atoms with van der Waals surface area (Å²) >= 11 is 0. The van der Waals surface area contributed by atoms with E-state index in [0.717, 1.165) is 5.56 Å². The Hall–Kier alpha value is -2.01. The molecular formula is C10H11ClN4O. The van der Waals surface area contributed by atoms with Crippen LogP contribution in [-0.2, 0) is 0 Å². The Balaban J connectivity index is 0.00000128. The van der Waals surface area contributed by atoms with Crippen molar-refractivity contribution in [1.82, 2.24) is 10.2 Å². The third-order valence-electron chi connectivity index (χ3n) is 2.11. The number of nitrogens with zero attached hydrogens (tertiary/aromatic N) is 1. The molecule has 0 unspecified atom stereocenters. The van der Waals surface area contributed by atoms with Crippen molar-refractivity contribution in [2.24, 2.45) is 0 Å². The van der Waals surface area contributed by atoms with E-state index in [1.807, 2.05) is 30.3 Å². The molecule has 0 aliphatic heterocycles. The number of H-pyrrole nitrogens is 1. The zero-order valence-corrected chi connectivity index (χ0v) is 9.12. The molecule has 0 saturated carbocycles. The van der Waals surface area contributed by atoms with E-state index < -0.39 is 5.56 Å². The molecule has 2 rings (SSSR count). The highest BCUT2D eigenvalue weighted by atomic mass is 35.5. The second-order valence-electron chi connectivity index (χ2n) is 3.09. The lowest BCUT2D eigenvalue weighted by atomic mass is 10.1. The van der Waals surface area contributed by atoms with Crippen LogP contribution in [0, 0.1) is 0 Å². The molecule has 0 bridgehead atoms. The molecule has 0 radical (unpaired) electrons. The summed E-state index contributed by atoms with van der Waals surface area (Å²) in [6.45, 7) is 0. The van der Waals surface area contributed by atoms with E-state index in [2.05, 4.69) is 10.2 Å². The Kier molecular flexibility index (Phi) is 3.52. The summed E-state index contributed by atoms with van der Waals surface area (Å²) in [5.41, 5.74) is 12.3. The summed E-state index contributed by atoms with van der Waals surface area (Å²) < 4.78 is 0. The first-order valence-corrected chi connectivity index (χ1v) is 4.39. The van der Waals surface area contributed by atoms with Gasteiger partial charge in [0.1, 0.15) is 11.4 Å². The first kappa shape index (κ1) is 12.1. The molecule has 1 heterocycles. The molecule has 5 N–H and O–H groups in total. The van der Waals surface area contributed by atoms with Crippen molar-refractivity contribution in [2.45, 2.75) is 0 Å². The smallest absolute Gasteiger partial charge is 0.289 e. The molecule has 84 valence electrons. The van der Waals surface area contributed by atoms with Gasteiger partial charge in [-0.05, 0) is 0 Å². The normalized spacial score (nSPS) is 9.50. The molecule has 0 amide bonds. The number of nitrogen functional groups attached to an aromatic ring is 2. The minimum absolute atomic E-state index is 0. The van der Waals surface area contributed by atoms with Crippen molar-refractivity contribution >= 4 is 23.8 Å². The molecule has 16 heavy (non-hydrogen) atoms. The Morgan fingerprint density at radius 1 is 1.06 bits per heavy atom. The van der Waals surface area contributed by atoms with E-state index in [4.69, 9.17) is 11.5 Å². The van der Waals surface area contributed by atoms with Gasteiger partial charge in [0.2, 0.25) is 0 Å². The van der Waals surface area contributed by atoms with E-state index in [0.29, 0.717) is 5.69 Å². The van der Waals surface area contributed by atoms with Crippen LogP contribution in [0.1, 0.15) is 0 Å². The second kappa shape index (κ2) is 4.67. The molecule has 6 heteroatoms. The first-order chi connectivity index (χ1) is 7.20. The Bertz CT molecular complexity index is 538. The van der Waals surface area contributed by atoms with Gasteiger partial charge in [-0.3, -0.25) is 4.79 Å². The first-order valence-electron chi connectivity index (χ1n) is 4.39. The lowest BCUT2D eigenvalue weighted by molar-refractivity contribution is 1.00. The van der Waals surface area contributed by atoms with Crippen LogP contribution in [0.4, 0.5) is 11.4 Å². The van der Waals surface area contributed by atoms with Gasteiger partial charge in [0.25, 0.3) is 5.56 Å². The van der Waals surface area contributed by atoms with Crippen LogP contribution in [0.15, 0.2) is 35.1 Å². The number of nitrogens with two attached hydrogens (primary N) is 2. The van der Waals surface area contributed by atoms with E-state index in [9.17, 15) is 4.79 Å². The number of benzene rings is 1. The van der Waals surface area contributed by atoms with Crippen molar-refractivity contribution in [2.75, 3.05) is 11.5 Å². The average molecular weight is 239 g/mol. The SMILES string of the molecule is Cl.Nc1c(-c2ccccc2)n[nH]c(=O)c1N. The van der Waals surface area contributed by atoms with E-state index in [-0.39, 0.29) is 23.8 Å². The molecular weight excluding hydrogens is 228 g/mol.